The third kappa shape index (κ3) is 3.20. The van der Waals surface area contributed by atoms with Crippen LogP contribution >= 0.6 is 11.8 Å². The Bertz CT molecular complexity index is 402. The quantitative estimate of drug-likeness (QED) is 0.783. The van der Waals surface area contributed by atoms with Crippen molar-refractivity contribution in [1.82, 2.24) is 4.90 Å². The fraction of sp³-hybridized carbons (Fsp3) is 0.917. The largest absolute Gasteiger partial charge is 0.339 e. The Morgan fingerprint density at radius 3 is 2.44 bits per heavy atom. The van der Waals surface area contributed by atoms with Crippen molar-refractivity contribution in [3.05, 3.63) is 0 Å². The Morgan fingerprint density at radius 2 is 1.94 bits per heavy atom. The highest BCUT2D eigenvalue weighted by atomic mass is 32.2. The molecule has 1 atom stereocenters. The van der Waals surface area contributed by atoms with Gasteiger partial charge in [0.15, 0.2) is 9.84 Å². The van der Waals surface area contributed by atoms with Gasteiger partial charge in [0.25, 0.3) is 0 Å². The lowest BCUT2D eigenvalue weighted by molar-refractivity contribution is -0.137. The second kappa shape index (κ2) is 5.82. The van der Waals surface area contributed by atoms with E-state index in [1.165, 1.54) is 0 Å². The van der Waals surface area contributed by atoms with E-state index in [0.717, 1.165) is 24.3 Å². The SMILES string of the molecule is CCN(C(=O)C1CCSCC1)C1CCS(=O)(=O)C1. The molecular formula is C12H21NO3S2. The van der Waals surface area contributed by atoms with Crippen LogP contribution in [0.15, 0.2) is 0 Å². The first-order valence-electron chi connectivity index (χ1n) is 6.62. The predicted octanol–water partition coefficient (Wildman–Crippen LogP) is 1.17. The number of carbonyl (C=O) groups excluding carboxylic acids is 1. The van der Waals surface area contributed by atoms with Crippen LogP contribution in [0.3, 0.4) is 0 Å². The average molecular weight is 291 g/mol. The number of hydrogen-bond donors (Lipinski definition) is 0. The van der Waals surface area contributed by atoms with E-state index in [4.69, 9.17) is 0 Å². The fourth-order valence-electron chi connectivity index (χ4n) is 2.79. The first kappa shape index (κ1) is 14.2. The van der Waals surface area contributed by atoms with Crippen molar-refractivity contribution in [2.24, 2.45) is 5.92 Å². The zero-order chi connectivity index (χ0) is 13.2. The number of rotatable bonds is 3. The topological polar surface area (TPSA) is 54.5 Å². The first-order chi connectivity index (χ1) is 8.53. The molecule has 2 rings (SSSR count). The zero-order valence-corrected chi connectivity index (χ0v) is 12.4. The molecule has 18 heavy (non-hydrogen) atoms. The van der Waals surface area contributed by atoms with Gasteiger partial charge in [-0.25, -0.2) is 8.42 Å². The summed E-state index contributed by atoms with van der Waals surface area (Å²) in [7, 11) is -2.91. The van der Waals surface area contributed by atoms with Crippen LogP contribution in [0.25, 0.3) is 0 Å². The molecule has 0 spiro atoms. The Hall–Kier alpha value is -0.230. The van der Waals surface area contributed by atoms with Crippen molar-refractivity contribution in [2.45, 2.75) is 32.2 Å². The van der Waals surface area contributed by atoms with Gasteiger partial charge in [0.2, 0.25) is 5.91 Å². The van der Waals surface area contributed by atoms with E-state index in [-0.39, 0.29) is 29.4 Å². The molecule has 1 amide bonds. The summed E-state index contributed by atoms with van der Waals surface area (Å²) in [6, 6.07) is -0.0814. The molecule has 2 heterocycles. The highest BCUT2D eigenvalue weighted by molar-refractivity contribution is 7.99. The smallest absolute Gasteiger partial charge is 0.226 e. The molecule has 0 radical (unpaired) electrons. The molecule has 0 N–H and O–H groups in total. The Labute approximate surface area is 113 Å². The number of thioether (sulfide) groups is 1. The van der Waals surface area contributed by atoms with Gasteiger partial charge in [-0.15, -0.1) is 0 Å². The second-order valence-corrected chi connectivity index (χ2v) is 8.52. The van der Waals surface area contributed by atoms with Gasteiger partial charge in [0.05, 0.1) is 11.5 Å². The second-order valence-electron chi connectivity index (χ2n) is 5.07. The number of sulfone groups is 1. The Kier molecular flexibility index (Phi) is 4.59. The van der Waals surface area contributed by atoms with Crippen molar-refractivity contribution in [3.8, 4) is 0 Å². The van der Waals surface area contributed by atoms with Crippen LogP contribution in [-0.4, -0.2) is 54.8 Å². The lowest BCUT2D eigenvalue weighted by Crippen LogP contribution is -2.44. The first-order valence-corrected chi connectivity index (χ1v) is 9.60. The minimum absolute atomic E-state index is 0.0814. The maximum absolute atomic E-state index is 12.4. The molecule has 2 aliphatic heterocycles. The summed E-state index contributed by atoms with van der Waals surface area (Å²) < 4.78 is 23.0. The van der Waals surface area contributed by atoms with Crippen LogP contribution in [-0.2, 0) is 14.6 Å². The van der Waals surface area contributed by atoms with Crippen molar-refractivity contribution < 1.29 is 13.2 Å². The minimum Gasteiger partial charge on any atom is -0.339 e. The van der Waals surface area contributed by atoms with Gasteiger partial charge < -0.3 is 4.90 Å². The lowest BCUT2D eigenvalue weighted by Gasteiger charge is -2.32. The third-order valence-electron chi connectivity index (χ3n) is 3.84. The van der Waals surface area contributed by atoms with Gasteiger partial charge in [0.1, 0.15) is 0 Å². The third-order valence-corrected chi connectivity index (χ3v) is 6.64. The summed E-state index contributed by atoms with van der Waals surface area (Å²) in [5.74, 6) is 2.80. The highest BCUT2D eigenvalue weighted by Gasteiger charge is 2.36. The van der Waals surface area contributed by atoms with Crippen LogP contribution in [0.1, 0.15) is 26.2 Å². The van der Waals surface area contributed by atoms with E-state index in [1.54, 1.807) is 0 Å². The van der Waals surface area contributed by atoms with E-state index in [1.807, 2.05) is 23.6 Å². The monoisotopic (exact) mass is 291 g/mol. The summed E-state index contributed by atoms with van der Waals surface area (Å²) in [4.78, 5) is 14.3. The van der Waals surface area contributed by atoms with E-state index in [9.17, 15) is 13.2 Å². The van der Waals surface area contributed by atoms with Crippen molar-refractivity contribution in [2.75, 3.05) is 29.6 Å². The summed E-state index contributed by atoms with van der Waals surface area (Å²) in [6.07, 6.45) is 2.50. The molecule has 6 heteroatoms. The van der Waals surface area contributed by atoms with Crippen LogP contribution in [0.2, 0.25) is 0 Å². The lowest BCUT2D eigenvalue weighted by atomic mass is 10.00. The van der Waals surface area contributed by atoms with Crippen LogP contribution in [0.5, 0.6) is 0 Å². The van der Waals surface area contributed by atoms with Gasteiger partial charge in [-0.1, -0.05) is 0 Å². The average Bonchev–Trinajstić information content (AvgIpc) is 2.71. The van der Waals surface area contributed by atoms with Gasteiger partial charge >= 0.3 is 0 Å². The van der Waals surface area contributed by atoms with Crippen LogP contribution in [0, 0.1) is 5.92 Å². The van der Waals surface area contributed by atoms with Crippen molar-refractivity contribution >= 4 is 27.5 Å². The van der Waals surface area contributed by atoms with Gasteiger partial charge in [0, 0.05) is 18.5 Å². The fourth-order valence-corrected chi connectivity index (χ4v) is 5.63. The standard InChI is InChI=1S/C12H21NO3S2/c1-2-13(11-5-8-18(15,16)9-11)12(14)10-3-6-17-7-4-10/h10-11H,2-9H2,1H3. The van der Waals surface area contributed by atoms with Crippen molar-refractivity contribution in [1.29, 1.82) is 0 Å². The van der Waals surface area contributed by atoms with Crippen LogP contribution in [0.4, 0.5) is 0 Å². The summed E-state index contributed by atoms with van der Waals surface area (Å²) in [5, 5.41) is 0. The molecule has 2 fully saturated rings. The molecule has 0 aromatic carbocycles. The Morgan fingerprint density at radius 1 is 1.28 bits per heavy atom. The molecule has 2 aliphatic rings. The zero-order valence-electron chi connectivity index (χ0n) is 10.8. The molecule has 2 saturated heterocycles. The minimum atomic E-state index is -2.91. The number of nitrogens with zero attached hydrogens (tertiary/aromatic N) is 1. The van der Waals surface area contributed by atoms with Gasteiger partial charge in [-0.2, -0.15) is 11.8 Å². The number of carbonyl (C=O) groups is 1. The summed E-state index contributed by atoms with van der Waals surface area (Å²) in [5.41, 5.74) is 0. The summed E-state index contributed by atoms with van der Waals surface area (Å²) >= 11 is 1.90. The van der Waals surface area contributed by atoms with E-state index < -0.39 is 9.84 Å². The van der Waals surface area contributed by atoms with Gasteiger partial charge in [-0.3, -0.25) is 4.79 Å². The molecule has 0 aliphatic carbocycles. The molecule has 0 aromatic heterocycles. The maximum Gasteiger partial charge on any atom is 0.226 e. The predicted molar refractivity (Wildman–Crippen MR) is 74.5 cm³/mol. The summed E-state index contributed by atoms with van der Waals surface area (Å²) in [6.45, 7) is 2.57. The Balaban J connectivity index is 2.01. The number of amides is 1. The van der Waals surface area contributed by atoms with Crippen LogP contribution < -0.4 is 0 Å². The molecule has 104 valence electrons. The van der Waals surface area contributed by atoms with E-state index >= 15 is 0 Å². The number of hydrogen-bond acceptors (Lipinski definition) is 4. The molecular weight excluding hydrogens is 270 g/mol. The van der Waals surface area contributed by atoms with E-state index in [2.05, 4.69) is 0 Å². The van der Waals surface area contributed by atoms with Gasteiger partial charge in [-0.05, 0) is 37.7 Å². The molecule has 4 nitrogen and oxygen atoms in total. The normalized spacial score (nSPS) is 28.2. The highest BCUT2D eigenvalue weighted by Crippen LogP contribution is 2.27. The molecule has 0 bridgehead atoms. The molecule has 1 unspecified atom stereocenters. The van der Waals surface area contributed by atoms with E-state index in [0.29, 0.717) is 13.0 Å². The van der Waals surface area contributed by atoms with Crippen molar-refractivity contribution in [3.63, 3.8) is 0 Å². The molecule has 0 aromatic rings. The maximum atomic E-state index is 12.4. The molecule has 0 saturated carbocycles.